The summed E-state index contributed by atoms with van der Waals surface area (Å²) in [5.74, 6) is 1.12. The Morgan fingerprint density at radius 1 is 0.675 bits per heavy atom. The van der Waals surface area contributed by atoms with Gasteiger partial charge in [-0.3, -0.25) is 4.79 Å². The first-order chi connectivity index (χ1) is 18.8. The molecule has 1 aliphatic carbocycles. The summed E-state index contributed by atoms with van der Waals surface area (Å²) in [5.41, 5.74) is 1.80. The second-order valence-corrected chi connectivity index (χ2v) is 12.7. The summed E-state index contributed by atoms with van der Waals surface area (Å²) in [7, 11) is 0. The Morgan fingerprint density at radius 2 is 1.07 bits per heavy atom. The summed E-state index contributed by atoms with van der Waals surface area (Å²) in [5, 5.41) is 0. The third-order valence-corrected chi connectivity index (χ3v) is 6.96. The lowest BCUT2D eigenvalue weighted by atomic mass is 10.1. The second-order valence-electron chi connectivity index (χ2n) is 12.7. The molecule has 0 bridgehead atoms. The fourth-order valence-corrected chi connectivity index (χ4v) is 5.20. The molecular weight excluding hydrogens is 512 g/mol. The molecule has 0 N–H and O–H groups in total. The number of hydrogen-bond acceptors (Lipinski definition) is 7. The topological polar surface area (TPSA) is 94.6 Å². The van der Waals surface area contributed by atoms with E-state index >= 15 is 0 Å². The maximum atomic E-state index is 13.4. The van der Waals surface area contributed by atoms with Crippen LogP contribution in [-0.4, -0.2) is 77.4 Å². The van der Waals surface area contributed by atoms with E-state index in [4.69, 9.17) is 18.9 Å². The van der Waals surface area contributed by atoms with Crippen LogP contribution >= 0.6 is 0 Å². The number of hydrogen-bond donors (Lipinski definition) is 0. The van der Waals surface area contributed by atoms with E-state index in [1.165, 1.54) is 0 Å². The number of rotatable bonds is 4. The van der Waals surface area contributed by atoms with Crippen molar-refractivity contribution in [2.24, 2.45) is 0 Å². The molecule has 3 aliphatic rings. The fourth-order valence-electron chi connectivity index (χ4n) is 5.20. The predicted molar refractivity (Wildman–Crippen MR) is 149 cm³/mol. The van der Waals surface area contributed by atoms with Gasteiger partial charge in [-0.2, -0.15) is 0 Å². The quantitative estimate of drug-likeness (QED) is 0.413. The maximum Gasteiger partial charge on any atom is 0.410 e. The van der Waals surface area contributed by atoms with Crippen molar-refractivity contribution in [3.63, 3.8) is 0 Å². The summed E-state index contributed by atoms with van der Waals surface area (Å²) in [6.45, 7) is 13.1. The SMILES string of the molecule is CC(C)(C)OC(=O)N1CC[C@H](Oc2ccc3c(c2)C(=O)c2cc(O[C@H]4CCN(C(=O)OC(C)(C)C)C4)ccc2-3)C1. The first kappa shape index (κ1) is 27.8. The number of ether oxygens (including phenoxy) is 4. The van der Waals surface area contributed by atoms with Gasteiger partial charge in [-0.25, -0.2) is 9.59 Å². The average Bonchev–Trinajstić information content (AvgIpc) is 3.57. The lowest BCUT2D eigenvalue weighted by Gasteiger charge is -2.24. The fraction of sp³-hybridized carbons (Fsp3) is 0.516. The van der Waals surface area contributed by atoms with E-state index in [1.54, 1.807) is 21.9 Å². The number of amides is 2. The van der Waals surface area contributed by atoms with Gasteiger partial charge in [-0.15, -0.1) is 0 Å². The summed E-state index contributed by atoms with van der Waals surface area (Å²) >= 11 is 0. The molecule has 2 fully saturated rings. The smallest absolute Gasteiger partial charge is 0.410 e. The highest BCUT2D eigenvalue weighted by molar-refractivity contribution is 6.22. The summed E-state index contributed by atoms with van der Waals surface area (Å²) in [6.07, 6.45) is 0.361. The molecule has 2 aromatic rings. The number of likely N-dealkylation sites (tertiary alicyclic amines) is 2. The number of benzene rings is 2. The first-order valence-corrected chi connectivity index (χ1v) is 13.9. The van der Waals surface area contributed by atoms with Crippen molar-refractivity contribution in [3.05, 3.63) is 47.5 Å². The van der Waals surface area contributed by atoms with Crippen LogP contribution in [0.3, 0.4) is 0 Å². The monoisotopic (exact) mass is 550 g/mol. The van der Waals surface area contributed by atoms with Crippen LogP contribution in [0.15, 0.2) is 36.4 Å². The maximum absolute atomic E-state index is 13.4. The molecule has 2 aliphatic heterocycles. The number of carbonyl (C=O) groups is 3. The Hall–Kier alpha value is -3.75. The Labute approximate surface area is 235 Å². The van der Waals surface area contributed by atoms with Gasteiger partial charge in [0.15, 0.2) is 5.78 Å². The van der Waals surface area contributed by atoms with Crippen LogP contribution in [0.1, 0.15) is 70.3 Å². The first-order valence-electron chi connectivity index (χ1n) is 13.9. The van der Waals surface area contributed by atoms with Gasteiger partial charge in [0.05, 0.1) is 13.1 Å². The van der Waals surface area contributed by atoms with Gasteiger partial charge < -0.3 is 28.7 Å². The van der Waals surface area contributed by atoms with E-state index in [1.807, 2.05) is 65.8 Å². The standard InChI is InChI=1S/C31H38N2O7/c1-30(2,3)39-28(35)32-13-11-21(17-32)37-19-7-9-23-24-10-8-20(16-26(24)27(34)25(23)15-19)38-22-12-14-33(18-22)29(36)40-31(4,5)6/h7-10,15-16,21-22H,11-14,17-18H2,1-6H3/t21-,22-/m0/s1. The van der Waals surface area contributed by atoms with E-state index in [2.05, 4.69) is 0 Å². The highest BCUT2D eigenvalue weighted by Gasteiger charge is 2.34. The molecule has 0 aromatic heterocycles. The molecule has 9 nitrogen and oxygen atoms in total. The number of nitrogens with zero attached hydrogens (tertiary/aromatic N) is 2. The predicted octanol–water partition coefficient (Wildman–Crippen LogP) is 5.67. The van der Waals surface area contributed by atoms with E-state index in [0.29, 0.717) is 61.6 Å². The Balaban J connectivity index is 1.20. The minimum atomic E-state index is -0.548. The van der Waals surface area contributed by atoms with E-state index in [-0.39, 0.29) is 30.2 Å². The Bertz CT molecular complexity index is 1220. The molecule has 2 aromatic carbocycles. The van der Waals surface area contributed by atoms with Crippen molar-refractivity contribution in [2.75, 3.05) is 26.2 Å². The third kappa shape index (κ3) is 6.18. The average molecular weight is 551 g/mol. The zero-order chi connectivity index (χ0) is 28.8. The molecule has 2 saturated heterocycles. The van der Waals surface area contributed by atoms with Crippen molar-refractivity contribution in [1.29, 1.82) is 0 Å². The van der Waals surface area contributed by atoms with Gasteiger partial charge in [-0.05, 0) is 89.1 Å². The van der Waals surface area contributed by atoms with Crippen LogP contribution in [-0.2, 0) is 9.47 Å². The summed E-state index contributed by atoms with van der Waals surface area (Å²) < 4.78 is 23.3. The van der Waals surface area contributed by atoms with Crippen molar-refractivity contribution in [2.45, 2.75) is 77.8 Å². The van der Waals surface area contributed by atoms with Crippen LogP contribution in [0.25, 0.3) is 11.1 Å². The molecular formula is C31H38N2O7. The van der Waals surface area contributed by atoms with Gasteiger partial charge in [0.1, 0.15) is 34.9 Å². The molecule has 2 atom stereocenters. The van der Waals surface area contributed by atoms with Gasteiger partial charge >= 0.3 is 12.2 Å². The van der Waals surface area contributed by atoms with Gasteiger partial charge in [0.25, 0.3) is 0 Å². The molecule has 40 heavy (non-hydrogen) atoms. The lowest BCUT2D eigenvalue weighted by Crippen LogP contribution is -2.36. The van der Waals surface area contributed by atoms with Crippen LogP contribution in [0.4, 0.5) is 9.59 Å². The minimum absolute atomic E-state index is 0.0792. The summed E-state index contributed by atoms with van der Waals surface area (Å²) in [4.78, 5) is 41.4. The van der Waals surface area contributed by atoms with Crippen molar-refractivity contribution >= 4 is 18.0 Å². The molecule has 2 heterocycles. The lowest BCUT2D eigenvalue weighted by molar-refractivity contribution is 0.0266. The van der Waals surface area contributed by atoms with Gasteiger partial charge in [0.2, 0.25) is 0 Å². The van der Waals surface area contributed by atoms with Crippen molar-refractivity contribution in [3.8, 4) is 22.6 Å². The molecule has 9 heteroatoms. The minimum Gasteiger partial charge on any atom is -0.488 e. The summed E-state index contributed by atoms with van der Waals surface area (Å²) in [6, 6.07) is 11.1. The van der Waals surface area contributed by atoms with Crippen molar-refractivity contribution < 1.29 is 33.3 Å². The zero-order valence-electron chi connectivity index (χ0n) is 24.1. The van der Waals surface area contributed by atoms with Crippen LogP contribution in [0.2, 0.25) is 0 Å². The van der Waals surface area contributed by atoms with E-state index < -0.39 is 11.2 Å². The zero-order valence-corrected chi connectivity index (χ0v) is 24.1. The van der Waals surface area contributed by atoms with Crippen LogP contribution in [0.5, 0.6) is 11.5 Å². The molecule has 0 unspecified atom stereocenters. The highest BCUT2D eigenvalue weighted by Crippen LogP contribution is 2.40. The Morgan fingerprint density at radius 3 is 1.45 bits per heavy atom. The van der Waals surface area contributed by atoms with E-state index in [9.17, 15) is 14.4 Å². The molecule has 2 amide bonds. The highest BCUT2D eigenvalue weighted by atomic mass is 16.6. The van der Waals surface area contributed by atoms with Gasteiger partial charge in [-0.1, -0.05) is 0 Å². The normalized spacial score (nSPS) is 20.3. The van der Waals surface area contributed by atoms with Crippen molar-refractivity contribution in [1.82, 2.24) is 9.80 Å². The molecule has 0 saturated carbocycles. The Kier molecular flexibility index (Phi) is 7.18. The van der Waals surface area contributed by atoms with Crippen LogP contribution in [0, 0.1) is 0 Å². The molecule has 0 spiro atoms. The molecule has 214 valence electrons. The second kappa shape index (κ2) is 10.3. The number of ketones is 1. The number of fused-ring (bicyclic) bond motifs is 3. The van der Waals surface area contributed by atoms with E-state index in [0.717, 1.165) is 11.1 Å². The third-order valence-electron chi connectivity index (χ3n) is 6.96. The van der Waals surface area contributed by atoms with Gasteiger partial charge in [0, 0.05) is 37.1 Å². The number of carbonyl (C=O) groups excluding carboxylic acids is 3. The molecule has 0 radical (unpaired) electrons. The van der Waals surface area contributed by atoms with Crippen LogP contribution < -0.4 is 9.47 Å². The molecule has 5 rings (SSSR count). The largest absolute Gasteiger partial charge is 0.488 e.